The molecule has 23 heavy (non-hydrogen) atoms. The predicted octanol–water partition coefficient (Wildman–Crippen LogP) is 2.95. The number of allylic oxidation sites excluding steroid dienone is 3. The number of aliphatic hydroxyl groups excluding tert-OH is 1. The van der Waals surface area contributed by atoms with Crippen LogP contribution >= 0.6 is 0 Å². The van der Waals surface area contributed by atoms with E-state index in [0.29, 0.717) is 24.3 Å². The van der Waals surface area contributed by atoms with Crippen LogP contribution in [0, 0.1) is 34.5 Å². The van der Waals surface area contributed by atoms with Crippen LogP contribution in [0.4, 0.5) is 0 Å². The summed E-state index contributed by atoms with van der Waals surface area (Å²) in [6.07, 6.45) is 10.7. The molecule has 0 aromatic rings. The summed E-state index contributed by atoms with van der Waals surface area (Å²) >= 11 is 0. The topological polar surface area (TPSA) is 49.7 Å². The lowest BCUT2D eigenvalue weighted by atomic mass is 9.47. The lowest BCUT2D eigenvalue weighted by Crippen LogP contribution is -2.53. The molecule has 4 aliphatic carbocycles. The van der Waals surface area contributed by atoms with Gasteiger partial charge in [0.2, 0.25) is 0 Å². The molecule has 7 atom stereocenters. The largest absolute Gasteiger partial charge is 0.393 e. The second-order valence-corrected chi connectivity index (χ2v) is 8.87. The highest BCUT2D eigenvalue weighted by Crippen LogP contribution is 2.64. The Morgan fingerprint density at radius 1 is 1.22 bits per heavy atom. The van der Waals surface area contributed by atoms with Crippen LogP contribution in [0.15, 0.2) is 28.8 Å². The van der Waals surface area contributed by atoms with Crippen molar-refractivity contribution in [3.05, 3.63) is 23.8 Å². The molecule has 1 heterocycles. The van der Waals surface area contributed by atoms with Crippen molar-refractivity contribution in [2.45, 2.75) is 45.6 Å². The maximum Gasteiger partial charge on any atom is 0.199 e. The van der Waals surface area contributed by atoms with Gasteiger partial charge in [-0.2, -0.15) is 0 Å². The third-order valence-corrected chi connectivity index (χ3v) is 8.03. The Hall–Kier alpha value is -1.22. The van der Waals surface area contributed by atoms with E-state index < -0.39 is 0 Å². The van der Waals surface area contributed by atoms with Gasteiger partial charge in [-0.3, -0.25) is 9.79 Å². The van der Waals surface area contributed by atoms with Gasteiger partial charge in [-0.1, -0.05) is 26.0 Å². The fourth-order valence-electron chi connectivity index (χ4n) is 6.74. The lowest BCUT2D eigenvalue weighted by Gasteiger charge is -2.56. The molecule has 3 heteroatoms. The molecule has 0 amide bonds. The first-order valence-corrected chi connectivity index (χ1v) is 9.12. The zero-order valence-electron chi connectivity index (χ0n) is 14.0. The van der Waals surface area contributed by atoms with Crippen LogP contribution in [-0.2, 0) is 4.79 Å². The van der Waals surface area contributed by atoms with Crippen molar-refractivity contribution >= 4 is 11.5 Å². The van der Waals surface area contributed by atoms with Crippen molar-refractivity contribution in [2.24, 2.45) is 39.5 Å². The van der Waals surface area contributed by atoms with Crippen LogP contribution in [0.1, 0.15) is 39.5 Å². The summed E-state index contributed by atoms with van der Waals surface area (Å²) in [5.41, 5.74) is 2.29. The molecule has 122 valence electrons. The van der Waals surface area contributed by atoms with E-state index in [1.807, 2.05) is 0 Å². The van der Waals surface area contributed by atoms with Gasteiger partial charge in [0.05, 0.1) is 18.4 Å². The van der Waals surface area contributed by atoms with Gasteiger partial charge in [-0.15, -0.1) is 0 Å². The predicted molar refractivity (Wildman–Crippen MR) is 89.2 cm³/mol. The molecule has 5 unspecified atom stereocenters. The molecule has 0 spiro atoms. The first kappa shape index (κ1) is 14.2. The molecule has 3 nitrogen and oxygen atoms in total. The molecule has 2 saturated carbocycles. The fourth-order valence-corrected chi connectivity index (χ4v) is 6.74. The summed E-state index contributed by atoms with van der Waals surface area (Å²) in [6.45, 7) is 5.35. The molecule has 0 bridgehead atoms. The summed E-state index contributed by atoms with van der Waals surface area (Å²) in [6, 6.07) is 0. The first-order valence-electron chi connectivity index (χ1n) is 9.12. The number of nitrogens with zero attached hydrogens (tertiary/aromatic N) is 1. The van der Waals surface area contributed by atoms with Crippen molar-refractivity contribution < 1.29 is 9.90 Å². The molecular formula is C20H25NO2. The maximum absolute atomic E-state index is 12.2. The van der Waals surface area contributed by atoms with Crippen molar-refractivity contribution in [3.8, 4) is 0 Å². The standard InChI is InChI=1S/C20H25NO2/c1-19-7-5-14-12(13(19)3-4-16(19)23)9-11-10-21-18-15(22)6-8-20(14,2)17(11)18/h6,8-9,12-14,16-17,23H,3-5,7,10H2,1-2H3/t12?,13?,14?,16?,17?,19-,20+/m0/s1. The molecular weight excluding hydrogens is 286 g/mol. The molecule has 0 aromatic heterocycles. The molecule has 1 N–H and O–H groups in total. The molecule has 0 aromatic carbocycles. The molecule has 1 aliphatic heterocycles. The van der Waals surface area contributed by atoms with E-state index in [9.17, 15) is 9.90 Å². The average Bonchev–Trinajstić information content (AvgIpc) is 3.08. The highest BCUT2D eigenvalue weighted by atomic mass is 16.3. The smallest absolute Gasteiger partial charge is 0.199 e. The average molecular weight is 311 g/mol. The van der Waals surface area contributed by atoms with E-state index in [-0.39, 0.29) is 28.6 Å². The van der Waals surface area contributed by atoms with Crippen LogP contribution in [0.5, 0.6) is 0 Å². The SMILES string of the molecule is C[C@@]12C=CC(=O)C3=NCC(=CC4C1CC[C@]1(C)C(O)CCC41)C32. The van der Waals surface area contributed by atoms with Gasteiger partial charge in [0.25, 0.3) is 0 Å². The number of hydrogen-bond donors (Lipinski definition) is 1. The molecule has 5 aliphatic rings. The summed E-state index contributed by atoms with van der Waals surface area (Å²) in [4.78, 5) is 16.8. The zero-order valence-corrected chi connectivity index (χ0v) is 14.0. The first-order chi connectivity index (χ1) is 10.9. The number of carbonyl (C=O) groups is 1. The highest BCUT2D eigenvalue weighted by molar-refractivity contribution is 6.46. The van der Waals surface area contributed by atoms with Gasteiger partial charge in [-0.25, -0.2) is 0 Å². The summed E-state index contributed by atoms with van der Waals surface area (Å²) in [5.74, 6) is 2.03. The molecule has 5 rings (SSSR count). The Balaban J connectivity index is 1.64. The van der Waals surface area contributed by atoms with Crippen LogP contribution in [0.3, 0.4) is 0 Å². The maximum atomic E-state index is 12.2. The van der Waals surface area contributed by atoms with Crippen molar-refractivity contribution in [3.63, 3.8) is 0 Å². The van der Waals surface area contributed by atoms with Gasteiger partial charge in [0.1, 0.15) is 0 Å². The van der Waals surface area contributed by atoms with Crippen LogP contribution in [0.25, 0.3) is 0 Å². The number of hydrogen-bond acceptors (Lipinski definition) is 3. The second-order valence-electron chi connectivity index (χ2n) is 8.87. The third-order valence-electron chi connectivity index (χ3n) is 8.03. The van der Waals surface area contributed by atoms with E-state index in [1.54, 1.807) is 6.08 Å². The van der Waals surface area contributed by atoms with E-state index in [1.165, 1.54) is 5.57 Å². The van der Waals surface area contributed by atoms with Crippen molar-refractivity contribution in [1.29, 1.82) is 0 Å². The summed E-state index contributed by atoms with van der Waals surface area (Å²) < 4.78 is 0. The molecule has 0 radical (unpaired) electrons. The number of rotatable bonds is 0. The molecule has 0 saturated heterocycles. The van der Waals surface area contributed by atoms with Crippen LogP contribution in [0.2, 0.25) is 0 Å². The van der Waals surface area contributed by atoms with Crippen molar-refractivity contribution in [1.82, 2.24) is 0 Å². The highest BCUT2D eigenvalue weighted by Gasteiger charge is 2.61. The lowest BCUT2D eigenvalue weighted by molar-refractivity contribution is -0.110. The minimum atomic E-state index is -0.142. The molecule has 2 fully saturated rings. The van der Waals surface area contributed by atoms with Gasteiger partial charge in [0, 0.05) is 11.3 Å². The Morgan fingerprint density at radius 3 is 2.87 bits per heavy atom. The van der Waals surface area contributed by atoms with E-state index in [0.717, 1.165) is 31.4 Å². The van der Waals surface area contributed by atoms with E-state index in [2.05, 4.69) is 31.0 Å². The summed E-state index contributed by atoms with van der Waals surface area (Å²) in [7, 11) is 0. The van der Waals surface area contributed by atoms with Gasteiger partial charge in [-0.05, 0) is 60.5 Å². The number of aliphatic imine (C=N–C) groups is 1. The van der Waals surface area contributed by atoms with Crippen LogP contribution in [-0.4, -0.2) is 29.3 Å². The Bertz CT molecular complexity index is 690. The van der Waals surface area contributed by atoms with Crippen molar-refractivity contribution in [2.75, 3.05) is 6.54 Å². The zero-order chi connectivity index (χ0) is 16.0. The third kappa shape index (κ3) is 1.55. The number of carbonyl (C=O) groups excluding carboxylic acids is 1. The van der Waals surface area contributed by atoms with Gasteiger partial charge >= 0.3 is 0 Å². The van der Waals surface area contributed by atoms with Gasteiger partial charge < -0.3 is 5.11 Å². The quantitative estimate of drug-likeness (QED) is 0.699. The van der Waals surface area contributed by atoms with Crippen LogP contribution < -0.4 is 0 Å². The Labute approximate surface area is 137 Å². The fraction of sp³-hybridized carbons (Fsp3) is 0.700. The normalized spacial score (nSPS) is 53.3. The summed E-state index contributed by atoms with van der Waals surface area (Å²) in [5, 5.41) is 10.5. The minimum absolute atomic E-state index is 0.0346. The number of ketones is 1. The second kappa shape index (κ2) is 4.24. The monoisotopic (exact) mass is 311 g/mol. The Kier molecular flexibility index (Phi) is 2.61. The van der Waals surface area contributed by atoms with E-state index >= 15 is 0 Å². The Morgan fingerprint density at radius 2 is 2.04 bits per heavy atom. The minimum Gasteiger partial charge on any atom is -0.393 e. The number of aliphatic hydroxyl groups is 1. The van der Waals surface area contributed by atoms with Gasteiger partial charge in [0.15, 0.2) is 5.78 Å². The number of fused-ring (bicyclic) bond motifs is 4. The van der Waals surface area contributed by atoms with E-state index in [4.69, 9.17) is 0 Å².